The summed E-state index contributed by atoms with van der Waals surface area (Å²) >= 11 is 0. The molecule has 34 heavy (non-hydrogen) atoms. The van der Waals surface area contributed by atoms with E-state index in [1.807, 2.05) is 17.1 Å². The van der Waals surface area contributed by atoms with Crippen molar-refractivity contribution in [2.45, 2.75) is 43.7 Å². The van der Waals surface area contributed by atoms with Crippen molar-refractivity contribution in [2.75, 3.05) is 6.61 Å². The third-order valence-electron chi connectivity index (χ3n) is 6.57. The Labute approximate surface area is 193 Å². The van der Waals surface area contributed by atoms with Crippen molar-refractivity contribution < 1.29 is 13.5 Å². The van der Waals surface area contributed by atoms with E-state index >= 15 is 0 Å². The van der Waals surface area contributed by atoms with Crippen molar-refractivity contribution in [3.05, 3.63) is 70.2 Å². The Bertz CT molecular complexity index is 1460. The lowest BCUT2D eigenvalue weighted by molar-refractivity contribution is 0.00397. The molecular formula is C24H22F2N6O2. The predicted octanol–water partition coefficient (Wildman–Crippen LogP) is 3.84. The van der Waals surface area contributed by atoms with Crippen molar-refractivity contribution in [1.82, 2.24) is 29.5 Å². The quantitative estimate of drug-likeness (QED) is 0.456. The van der Waals surface area contributed by atoms with Gasteiger partial charge in [-0.2, -0.15) is 10.2 Å². The summed E-state index contributed by atoms with van der Waals surface area (Å²) in [4.78, 5) is 22.2. The fourth-order valence-corrected chi connectivity index (χ4v) is 4.51. The normalized spacial score (nSPS) is 20.7. The molecule has 0 spiro atoms. The van der Waals surface area contributed by atoms with Gasteiger partial charge in [0.15, 0.2) is 0 Å². The summed E-state index contributed by atoms with van der Waals surface area (Å²) in [5.41, 5.74) is 1.08. The maximum Gasteiger partial charge on any atom is 0.293 e. The van der Waals surface area contributed by atoms with Crippen molar-refractivity contribution >= 4 is 10.9 Å². The number of aromatic nitrogens is 6. The lowest BCUT2D eigenvalue weighted by Crippen LogP contribution is -2.24. The Morgan fingerprint density at radius 2 is 1.94 bits per heavy atom. The monoisotopic (exact) mass is 464 g/mol. The van der Waals surface area contributed by atoms with Crippen molar-refractivity contribution in [1.29, 1.82) is 0 Å². The Morgan fingerprint density at radius 3 is 2.74 bits per heavy atom. The van der Waals surface area contributed by atoms with Crippen LogP contribution in [0.15, 0.2) is 41.6 Å². The van der Waals surface area contributed by atoms with E-state index in [-0.39, 0.29) is 28.8 Å². The molecule has 4 aromatic rings. The summed E-state index contributed by atoms with van der Waals surface area (Å²) in [7, 11) is 1.53. The molecule has 8 nitrogen and oxygen atoms in total. The summed E-state index contributed by atoms with van der Waals surface area (Å²) in [5, 5.41) is 8.85. The van der Waals surface area contributed by atoms with Gasteiger partial charge in [0.05, 0.1) is 35.6 Å². The highest BCUT2D eigenvalue weighted by molar-refractivity contribution is 5.91. The van der Waals surface area contributed by atoms with E-state index in [1.54, 1.807) is 0 Å². The first-order valence-corrected chi connectivity index (χ1v) is 11.3. The van der Waals surface area contributed by atoms with Gasteiger partial charge in [0.1, 0.15) is 23.0 Å². The molecule has 10 heteroatoms. The Balaban J connectivity index is 1.43. The Hall–Kier alpha value is -3.53. The highest BCUT2D eigenvalue weighted by Crippen LogP contribution is 2.39. The molecule has 1 saturated heterocycles. The van der Waals surface area contributed by atoms with E-state index in [9.17, 15) is 13.6 Å². The number of benzene rings is 1. The van der Waals surface area contributed by atoms with Crippen LogP contribution in [0.25, 0.3) is 22.2 Å². The highest BCUT2D eigenvalue weighted by Gasteiger charge is 2.31. The fraction of sp³-hybridized carbons (Fsp3) is 0.375. The molecule has 2 atom stereocenters. The molecule has 0 radical (unpaired) electrons. The number of aryl methyl sites for hydroxylation is 1. The molecule has 4 heterocycles. The zero-order valence-electron chi connectivity index (χ0n) is 18.5. The van der Waals surface area contributed by atoms with E-state index in [4.69, 9.17) is 4.74 Å². The van der Waals surface area contributed by atoms with Crippen LogP contribution in [0, 0.1) is 11.6 Å². The lowest BCUT2D eigenvalue weighted by atomic mass is 9.92. The second-order valence-electron chi connectivity index (χ2n) is 8.96. The summed E-state index contributed by atoms with van der Waals surface area (Å²) in [6, 6.07) is 3.78. The van der Waals surface area contributed by atoms with E-state index in [0.717, 1.165) is 24.5 Å². The number of hydrogen-bond acceptors (Lipinski definition) is 6. The van der Waals surface area contributed by atoms with Crippen molar-refractivity contribution in [3.8, 4) is 11.3 Å². The molecule has 6 rings (SSSR count). The van der Waals surface area contributed by atoms with Gasteiger partial charge in [-0.3, -0.25) is 9.48 Å². The SMILES string of the molecule is Cn1ncc2c(-c3ccc(F)cc3F)nc([C@@H]3CCO[C@H](c4cnn(C5CC5)c4)C3)nc2c1=O. The second-order valence-corrected chi connectivity index (χ2v) is 8.96. The summed E-state index contributed by atoms with van der Waals surface area (Å²) in [6.45, 7) is 0.500. The molecule has 2 aliphatic rings. The molecule has 1 aliphatic heterocycles. The predicted molar refractivity (Wildman–Crippen MR) is 119 cm³/mol. The summed E-state index contributed by atoms with van der Waals surface area (Å²) < 4.78 is 37.5. The molecule has 3 aromatic heterocycles. The minimum absolute atomic E-state index is 0.0967. The molecule has 1 aliphatic carbocycles. The molecule has 0 N–H and O–H groups in total. The van der Waals surface area contributed by atoms with E-state index < -0.39 is 17.2 Å². The third-order valence-corrected chi connectivity index (χ3v) is 6.57. The maximum absolute atomic E-state index is 14.7. The van der Waals surface area contributed by atoms with Gasteiger partial charge in [0.2, 0.25) is 0 Å². The van der Waals surface area contributed by atoms with Crippen LogP contribution >= 0.6 is 0 Å². The molecule has 2 fully saturated rings. The van der Waals surface area contributed by atoms with Gasteiger partial charge in [-0.15, -0.1) is 0 Å². The van der Waals surface area contributed by atoms with Crippen LogP contribution < -0.4 is 5.56 Å². The van der Waals surface area contributed by atoms with Crippen LogP contribution in [-0.2, 0) is 11.8 Å². The lowest BCUT2D eigenvalue weighted by Gasteiger charge is -2.28. The molecule has 1 saturated carbocycles. The van der Waals surface area contributed by atoms with Crippen molar-refractivity contribution in [2.24, 2.45) is 7.05 Å². The second kappa shape index (κ2) is 8.05. The Kier molecular flexibility index (Phi) is 4.98. The summed E-state index contributed by atoms with van der Waals surface area (Å²) in [6.07, 6.45) is 8.71. The third kappa shape index (κ3) is 3.67. The number of halogens is 2. The van der Waals surface area contributed by atoms with Gasteiger partial charge < -0.3 is 4.74 Å². The van der Waals surface area contributed by atoms with Crippen LogP contribution in [0.2, 0.25) is 0 Å². The first-order chi connectivity index (χ1) is 16.5. The number of fused-ring (bicyclic) bond motifs is 1. The number of nitrogens with zero attached hydrogens (tertiary/aromatic N) is 6. The first-order valence-electron chi connectivity index (χ1n) is 11.3. The van der Waals surface area contributed by atoms with Gasteiger partial charge in [-0.25, -0.2) is 23.4 Å². The largest absolute Gasteiger partial charge is 0.373 e. The summed E-state index contributed by atoms with van der Waals surface area (Å²) in [5.74, 6) is -1.11. The van der Waals surface area contributed by atoms with Gasteiger partial charge in [-0.1, -0.05) is 0 Å². The van der Waals surface area contributed by atoms with Gasteiger partial charge in [0, 0.05) is 43.0 Å². The van der Waals surface area contributed by atoms with E-state index in [2.05, 4.69) is 20.2 Å². The van der Waals surface area contributed by atoms with E-state index in [0.29, 0.717) is 36.7 Å². The topological polar surface area (TPSA) is 87.7 Å². The van der Waals surface area contributed by atoms with Crippen LogP contribution in [0.4, 0.5) is 8.78 Å². The van der Waals surface area contributed by atoms with Crippen LogP contribution in [0.1, 0.15) is 55.1 Å². The van der Waals surface area contributed by atoms with Crippen molar-refractivity contribution in [3.63, 3.8) is 0 Å². The molecule has 1 aromatic carbocycles. The maximum atomic E-state index is 14.7. The molecular weight excluding hydrogens is 442 g/mol. The standard InChI is InChI=1S/C24H22F2N6O2/c1-31-24(33)22-18(11-27-31)21(17-5-2-15(25)9-19(17)26)29-23(30-22)13-6-7-34-20(8-13)14-10-28-32(12-14)16-3-4-16/h2,5,9-13,16,20H,3-4,6-8H2,1H3/t13-,20+/m1/s1. The van der Waals surface area contributed by atoms with Gasteiger partial charge in [-0.05, 0) is 37.8 Å². The number of rotatable bonds is 4. The number of hydrogen-bond donors (Lipinski definition) is 0. The zero-order valence-corrected chi connectivity index (χ0v) is 18.5. The average molecular weight is 464 g/mol. The van der Waals surface area contributed by atoms with Gasteiger partial charge >= 0.3 is 0 Å². The zero-order chi connectivity index (χ0) is 23.4. The van der Waals surface area contributed by atoms with Gasteiger partial charge in [0.25, 0.3) is 5.56 Å². The molecule has 0 bridgehead atoms. The molecule has 0 unspecified atom stereocenters. The van der Waals surface area contributed by atoms with E-state index in [1.165, 1.54) is 30.1 Å². The fourth-order valence-electron chi connectivity index (χ4n) is 4.51. The smallest absolute Gasteiger partial charge is 0.293 e. The average Bonchev–Trinajstić information content (AvgIpc) is 3.57. The van der Waals surface area contributed by atoms with Crippen LogP contribution in [-0.4, -0.2) is 36.1 Å². The Morgan fingerprint density at radius 1 is 1.09 bits per heavy atom. The minimum Gasteiger partial charge on any atom is -0.373 e. The number of ether oxygens (including phenoxy) is 1. The minimum atomic E-state index is -0.760. The first kappa shape index (κ1) is 21.0. The highest BCUT2D eigenvalue weighted by atomic mass is 19.1. The van der Waals surface area contributed by atoms with Crippen LogP contribution in [0.3, 0.4) is 0 Å². The molecule has 174 valence electrons. The van der Waals surface area contributed by atoms with Crippen LogP contribution in [0.5, 0.6) is 0 Å². The molecule has 0 amide bonds.